The van der Waals surface area contributed by atoms with E-state index in [2.05, 4.69) is 10.3 Å². The lowest BCUT2D eigenvalue weighted by Gasteiger charge is -2.14. The number of hydrogen-bond donors (Lipinski definition) is 3. The molecule has 3 aromatic rings. The highest BCUT2D eigenvalue weighted by atomic mass is 35.5. The van der Waals surface area contributed by atoms with Crippen LogP contribution in [0.1, 0.15) is 22.8 Å². The van der Waals surface area contributed by atoms with Crippen LogP contribution >= 0.6 is 11.6 Å². The molecule has 3 N–H and O–H groups in total. The molecule has 0 fully saturated rings. The number of amides is 1. The SMILES string of the molecule is CC(Cc1ccc2c(Cl)c(O)ccc2c1)C(=O)Nc1ccncc1C(=O)O. The summed E-state index contributed by atoms with van der Waals surface area (Å²) in [5.74, 6) is -1.80. The van der Waals surface area contributed by atoms with E-state index in [4.69, 9.17) is 11.6 Å². The Morgan fingerprint density at radius 2 is 2.00 bits per heavy atom. The first-order chi connectivity index (χ1) is 12.9. The van der Waals surface area contributed by atoms with Crippen molar-refractivity contribution < 1.29 is 19.8 Å². The van der Waals surface area contributed by atoms with Crippen LogP contribution in [0.4, 0.5) is 5.69 Å². The van der Waals surface area contributed by atoms with Gasteiger partial charge in [-0.1, -0.05) is 42.8 Å². The van der Waals surface area contributed by atoms with Crippen LogP contribution in [0.5, 0.6) is 5.75 Å². The number of anilines is 1. The maximum atomic E-state index is 12.5. The van der Waals surface area contributed by atoms with E-state index in [0.717, 1.165) is 16.3 Å². The summed E-state index contributed by atoms with van der Waals surface area (Å²) < 4.78 is 0. The number of aromatic carboxylic acids is 1. The number of pyridine rings is 1. The predicted octanol–water partition coefficient (Wildman–Crippen LogP) is 4.11. The Morgan fingerprint density at radius 3 is 2.74 bits per heavy atom. The van der Waals surface area contributed by atoms with Crippen molar-refractivity contribution in [3.05, 3.63) is 64.9 Å². The fraction of sp³-hybridized carbons (Fsp3) is 0.150. The van der Waals surface area contributed by atoms with Crippen molar-refractivity contribution >= 4 is 39.9 Å². The van der Waals surface area contributed by atoms with Gasteiger partial charge in [-0.2, -0.15) is 0 Å². The number of carboxylic acids is 1. The third-order valence-corrected chi connectivity index (χ3v) is 4.69. The van der Waals surface area contributed by atoms with Crippen LogP contribution in [-0.4, -0.2) is 27.1 Å². The standard InChI is InChI=1S/C20H17ClN2O4/c1-11(19(25)23-16-6-7-22-10-15(16)20(26)27)8-12-2-4-14-13(9-12)3-5-17(24)18(14)21/h2-7,9-11,24H,8H2,1H3,(H,26,27)(H,22,23,25). The molecule has 1 atom stereocenters. The average molecular weight is 385 g/mol. The topological polar surface area (TPSA) is 99.5 Å². The van der Waals surface area contributed by atoms with E-state index in [1.807, 2.05) is 18.2 Å². The van der Waals surface area contributed by atoms with Gasteiger partial charge < -0.3 is 15.5 Å². The van der Waals surface area contributed by atoms with Gasteiger partial charge in [-0.05, 0) is 29.5 Å². The fourth-order valence-corrected chi connectivity index (χ4v) is 3.07. The molecule has 0 aliphatic heterocycles. The molecule has 0 bridgehead atoms. The zero-order valence-electron chi connectivity index (χ0n) is 14.4. The number of phenols is 1. The van der Waals surface area contributed by atoms with Crippen molar-refractivity contribution in [3.8, 4) is 5.75 Å². The van der Waals surface area contributed by atoms with Crippen LogP contribution in [-0.2, 0) is 11.2 Å². The van der Waals surface area contributed by atoms with Crippen LogP contribution in [0.25, 0.3) is 10.8 Å². The van der Waals surface area contributed by atoms with Crippen LogP contribution < -0.4 is 5.32 Å². The predicted molar refractivity (Wildman–Crippen MR) is 103 cm³/mol. The smallest absolute Gasteiger partial charge is 0.339 e. The van der Waals surface area contributed by atoms with Gasteiger partial charge >= 0.3 is 5.97 Å². The molecule has 1 unspecified atom stereocenters. The van der Waals surface area contributed by atoms with Gasteiger partial charge in [0.15, 0.2) is 0 Å². The zero-order valence-corrected chi connectivity index (χ0v) is 15.2. The van der Waals surface area contributed by atoms with E-state index < -0.39 is 5.97 Å². The first kappa shape index (κ1) is 18.7. The Hall–Kier alpha value is -3.12. The number of nitrogens with one attached hydrogen (secondary N) is 1. The summed E-state index contributed by atoms with van der Waals surface area (Å²) in [6.07, 6.45) is 3.09. The lowest BCUT2D eigenvalue weighted by atomic mass is 9.97. The summed E-state index contributed by atoms with van der Waals surface area (Å²) in [6, 6.07) is 10.3. The van der Waals surface area contributed by atoms with Gasteiger partial charge in [0.2, 0.25) is 5.91 Å². The number of benzene rings is 2. The van der Waals surface area contributed by atoms with Crippen molar-refractivity contribution in [2.45, 2.75) is 13.3 Å². The number of fused-ring (bicyclic) bond motifs is 1. The third kappa shape index (κ3) is 4.01. The van der Waals surface area contributed by atoms with E-state index in [1.165, 1.54) is 24.5 Å². The van der Waals surface area contributed by atoms with Crippen molar-refractivity contribution in [1.29, 1.82) is 0 Å². The molecule has 2 aromatic carbocycles. The molecule has 0 radical (unpaired) electrons. The lowest BCUT2D eigenvalue weighted by molar-refractivity contribution is -0.119. The van der Waals surface area contributed by atoms with Crippen molar-refractivity contribution in [3.63, 3.8) is 0 Å². The largest absolute Gasteiger partial charge is 0.506 e. The number of halogens is 1. The Morgan fingerprint density at radius 1 is 1.22 bits per heavy atom. The van der Waals surface area contributed by atoms with Gasteiger partial charge in [0.1, 0.15) is 11.3 Å². The molecule has 1 amide bonds. The Balaban J connectivity index is 1.76. The molecule has 0 aliphatic carbocycles. The second-order valence-electron chi connectivity index (χ2n) is 6.27. The highest BCUT2D eigenvalue weighted by molar-refractivity contribution is 6.37. The summed E-state index contributed by atoms with van der Waals surface area (Å²) in [5.41, 5.74) is 1.09. The number of carboxylic acid groups (broad SMARTS) is 1. The molecule has 7 heteroatoms. The molecular formula is C20H17ClN2O4. The first-order valence-electron chi connectivity index (χ1n) is 8.25. The highest BCUT2D eigenvalue weighted by Crippen LogP contribution is 2.32. The number of rotatable bonds is 5. The number of aromatic nitrogens is 1. The summed E-state index contributed by atoms with van der Waals surface area (Å²) in [6.45, 7) is 1.77. The first-order valence-corrected chi connectivity index (χ1v) is 8.63. The number of hydrogen-bond acceptors (Lipinski definition) is 4. The molecule has 6 nitrogen and oxygen atoms in total. The third-order valence-electron chi connectivity index (χ3n) is 4.30. The van der Waals surface area contributed by atoms with Gasteiger partial charge in [0.25, 0.3) is 0 Å². The highest BCUT2D eigenvalue weighted by Gasteiger charge is 2.18. The normalized spacial score (nSPS) is 11.9. The van der Waals surface area contributed by atoms with Gasteiger partial charge in [0.05, 0.1) is 10.7 Å². The van der Waals surface area contributed by atoms with Crippen molar-refractivity contribution in [2.75, 3.05) is 5.32 Å². The number of carbonyl (C=O) groups is 2. The van der Waals surface area contributed by atoms with E-state index >= 15 is 0 Å². The molecular weight excluding hydrogens is 368 g/mol. The fourth-order valence-electron chi connectivity index (χ4n) is 2.83. The second kappa shape index (κ2) is 7.63. The molecule has 0 spiro atoms. The minimum absolute atomic E-state index is 0.0243. The summed E-state index contributed by atoms with van der Waals surface area (Å²) in [7, 11) is 0. The van der Waals surface area contributed by atoms with Gasteiger partial charge in [-0.3, -0.25) is 9.78 Å². The molecule has 138 valence electrons. The Bertz CT molecular complexity index is 1040. The molecule has 27 heavy (non-hydrogen) atoms. The molecule has 0 aliphatic rings. The minimum Gasteiger partial charge on any atom is -0.506 e. The summed E-state index contributed by atoms with van der Waals surface area (Å²) in [4.78, 5) is 27.5. The Labute approximate surface area is 160 Å². The van der Waals surface area contributed by atoms with E-state index in [1.54, 1.807) is 13.0 Å². The zero-order chi connectivity index (χ0) is 19.6. The minimum atomic E-state index is -1.15. The van der Waals surface area contributed by atoms with Crippen LogP contribution in [0, 0.1) is 5.92 Å². The van der Waals surface area contributed by atoms with Gasteiger partial charge in [0, 0.05) is 23.7 Å². The molecule has 1 heterocycles. The Kier molecular flexibility index (Phi) is 5.28. The molecule has 3 rings (SSSR count). The molecule has 0 saturated carbocycles. The summed E-state index contributed by atoms with van der Waals surface area (Å²) >= 11 is 6.10. The van der Waals surface area contributed by atoms with E-state index in [9.17, 15) is 19.8 Å². The van der Waals surface area contributed by atoms with Crippen LogP contribution in [0.15, 0.2) is 48.8 Å². The summed E-state index contributed by atoms with van der Waals surface area (Å²) in [5, 5.41) is 23.4. The molecule has 1 aromatic heterocycles. The second-order valence-corrected chi connectivity index (χ2v) is 6.65. The number of carbonyl (C=O) groups excluding carboxylic acids is 1. The van der Waals surface area contributed by atoms with Crippen LogP contribution in [0.2, 0.25) is 5.02 Å². The maximum Gasteiger partial charge on any atom is 0.339 e. The van der Waals surface area contributed by atoms with Crippen molar-refractivity contribution in [1.82, 2.24) is 4.98 Å². The quantitative estimate of drug-likeness (QED) is 0.614. The van der Waals surface area contributed by atoms with Crippen LogP contribution in [0.3, 0.4) is 0 Å². The van der Waals surface area contributed by atoms with Gasteiger partial charge in [-0.15, -0.1) is 0 Å². The molecule has 0 saturated heterocycles. The number of nitrogens with zero attached hydrogens (tertiary/aromatic N) is 1. The monoisotopic (exact) mass is 384 g/mol. The van der Waals surface area contributed by atoms with E-state index in [-0.39, 0.29) is 28.8 Å². The number of aromatic hydroxyl groups is 1. The lowest BCUT2D eigenvalue weighted by Crippen LogP contribution is -2.23. The average Bonchev–Trinajstić information content (AvgIpc) is 2.65. The van der Waals surface area contributed by atoms with Crippen molar-refractivity contribution in [2.24, 2.45) is 5.92 Å². The maximum absolute atomic E-state index is 12.5. The van der Waals surface area contributed by atoms with E-state index in [0.29, 0.717) is 11.4 Å². The number of phenolic OH excluding ortho intramolecular Hbond substituents is 1. The van der Waals surface area contributed by atoms with Gasteiger partial charge in [-0.25, -0.2) is 4.79 Å².